The van der Waals surface area contributed by atoms with Crippen LogP contribution in [0.4, 0.5) is 74.6 Å². The predicted molar refractivity (Wildman–Crippen MR) is 113 cm³/mol. The number of benzene rings is 1. The highest BCUT2D eigenvalue weighted by molar-refractivity contribution is 8.33. The Labute approximate surface area is 231 Å². The third-order valence-electron chi connectivity index (χ3n) is 6.01. The number of Topliss-reactive ketones (excluding diaryl/α,β-unsaturated/α-hetero) is 1. The summed E-state index contributed by atoms with van der Waals surface area (Å²) in [6, 6.07) is 6.08. The topological polar surface area (TPSA) is 60.4 Å². The molecule has 1 heterocycles. The molecule has 0 aliphatic carbocycles. The zero-order chi connectivity index (χ0) is 33.9. The van der Waals surface area contributed by atoms with E-state index >= 15 is 0 Å². The molecule has 0 atom stereocenters. The van der Waals surface area contributed by atoms with Gasteiger partial charge >= 0.3 is 57.1 Å². The van der Waals surface area contributed by atoms with Crippen LogP contribution in [0.2, 0.25) is 0 Å². The maximum absolute atomic E-state index is 14.5. The Bertz CT molecular complexity index is 1290. The number of alkyl halides is 17. The van der Waals surface area contributed by atoms with Crippen molar-refractivity contribution in [1.82, 2.24) is 0 Å². The maximum atomic E-state index is 14.5. The summed E-state index contributed by atoms with van der Waals surface area (Å²) in [5, 5.41) is -7.77. The van der Waals surface area contributed by atoms with E-state index < -0.39 is 90.4 Å². The number of carbonyl (C=O) groups excluding carboxylic acids is 1. The van der Waals surface area contributed by atoms with Crippen LogP contribution < -0.4 is 0 Å². The predicted octanol–water partition coefficient (Wildman–Crippen LogP) is 7.70. The lowest BCUT2D eigenvalue weighted by atomic mass is 9.91. The fourth-order valence-corrected chi connectivity index (χ4v) is 9.19. The molecule has 0 unspecified atom stereocenters. The zero-order valence-electron chi connectivity index (χ0n) is 20.3. The first-order chi connectivity index (χ1) is 18.9. The second-order valence-electron chi connectivity index (χ2n) is 9.00. The highest BCUT2D eigenvalue weighted by Gasteiger charge is 2.96. The van der Waals surface area contributed by atoms with Crippen molar-refractivity contribution in [2.75, 3.05) is 17.3 Å². The fourth-order valence-electron chi connectivity index (χ4n) is 3.55. The molecule has 1 fully saturated rings. The summed E-state index contributed by atoms with van der Waals surface area (Å²) in [6.07, 6.45) is -8.22. The molecule has 0 bridgehead atoms. The molecule has 1 aromatic rings. The molecule has 0 N–H and O–H groups in total. The fraction of sp³-hybridized carbons (Fsp3) is 0.650. The third-order valence-corrected chi connectivity index (χ3v) is 11.6. The summed E-state index contributed by atoms with van der Waals surface area (Å²) in [5.41, 5.74) is -0.232. The smallest absolute Gasteiger partial charge is 0.293 e. The van der Waals surface area contributed by atoms with Crippen molar-refractivity contribution in [3.8, 4) is 0 Å². The molecule has 250 valence electrons. The number of hydrogen-bond donors (Lipinski definition) is 0. The van der Waals surface area contributed by atoms with Crippen LogP contribution in [-0.2, 0) is 13.7 Å². The molecular formula is C20H15F17O4S2. The summed E-state index contributed by atoms with van der Waals surface area (Å²) in [6.45, 7) is 0. The lowest BCUT2D eigenvalue weighted by molar-refractivity contribution is -0.458. The molecule has 4 nitrogen and oxygen atoms in total. The van der Waals surface area contributed by atoms with E-state index in [2.05, 4.69) is 3.63 Å². The first-order valence-corrected chi connectivity index (χ1v) is 14.4. The van der Waals surface area contributed by atoms with E-state index in [0.717, 1.165) is 12.1 Å². The number of carbonyl (C=O) groups is 1. The van der Waals surface area contributed by atoms with Crippen LogP contribution in [0.1, 0.15) is 23.2 Å². The van der Waals surface area contributed by atoms with Crippen molar-refractivity contribution in [3.05, 3.63) is 35.9 Å². The highest BCUT2D eigenvalue weighted by atomic mass is 32.3. The van der Waals surface area contributed by atoms with Crippen LogP contribution >= 0.6 is 10.3 Å². The summed E-state index contributed by atoms with van der Waals surface area (Å²) < 4.78 is 258. The molecular weight excluding hydrogens is 691 g/mol. The molecule has 0 amide bonds. The second kappa shape index (κ2) is 10.8. The van der Waals surface area contributed by atoms with Gasteiger partial charge in [-0.1, -0.05) is 30.3 Å². The van der Waals surface area contributed by atoms with Crippen molar-refractivity contribution in [2.45, 2.75) is 59.8 Å². The minimum atomic E-state index is -8.93. The molecule has 0 aromatic heterocycles. The molecule has 23 heteroatoms. The van der Waals surface area contributed by atoms with Crippen molar-refractivity contribution in [3.63, 3.8) is 0 Å². The van der Waals surface area contributed by atoms with Gasteiger partial charge in [0.2, 0.25) is 0 Å². The molecule has 43 heavy (non-hydrogen) atoms. The van der Waals surface area contributed by atoms with E-state index in [1.54, 1.807) is 0 Å². The summed E-state index contributed by atoms with van der Waals surface area (Å²) >= 11 is 0. The van der Waals surface area contributed by atoms with Crippen LogP contribution in [0.3, 0.4) is 0 Å². The van der Waals surface area contributed by atoms with E-state index in [4.69, 9.17) is 0 Å². The van der Waals surface area contributed by atoms with Crippen LogP contribution in [0.5, 0.6) is 0 Å². The number of halogens is 17. The van der Waals surface area contributed by atoms with Gasteiger partial charge in [-0.25, -0.2) is 3.63 Å². The third kappa shape index (κ3) is 5.54. The largest absolute Gasteiger partial charge is 0.460 e. The van der Waals surface area contributed by atoms with Gasteiger partial charge in [0.1, 0.15) is 0 Å². The van der Waals surface area contributed by atoms with Crippen LogP contribution in [-0.4, -0.2) is 78.4 Å². The normalized spacial score (nSPS) is 18.9. The van der Waals surface area contributed by atoms with Gasteiger partial charge in [-0.15, -0.1) is 10.3 Å². The first-order valence-electron chi connectivity index (χ1n) is 10.9. The van der Waals surface area contributed by atoms with Gasteiger partial charge in [0.05, 0.1) is 5.75 Å². The minimum Gasteiger partial charge on any atom is -0.293 e. The zero-order valence-corrected chi connectivity index (χ0v) is 21.9. The monoisotopic (exact) mass is 706 g/mol. The van der Waals surface area contributed by atoms with E-state index in [0.29, 0.717) is 0 Å². The molecule has 1 aliphatic rings. The Morgan fingerprint density at radius 1 is 0.628 bits per heavy atom. The van der Waals surface area contributed by atoms with Gasteiger partial charge in [0.25, 0.3) is 0 Å². The van der Waals surface area contributed by atoms with E-state index in [-0.39, 0.29) is 18.4 Å². The van der Waals surface area contributed by atoms with E-state index in [1.807, 2.05) is 0 Å². The van der Waals surface area contributed by atoms with E-state index in [9.17, 15) is 87.8 Å². The average Bonchev–Trinajstić information content (AvgIpc) is 3.29. The van der Waals surface area contributed by atoms with Crippen molar-refractivity contribution in [1.29, 1.82) is 0 Å². The SMILES string of the molecule is O=C(CS1(OS(=O)(=O)C(F)(F)C(F)(F)C(F)(F)C(F)(F)C(F)(F)C(F)(F)C(F)(F)C(F)(F)F)CCCC1)c1ccccc1. The van der Waals surface area contributed by atoms with Gasteiger partial charge in [-0.05, 0) is 12.8 Å². The quantitative estimate of drug-likeness (QED) is 0.165. The molecule has 0 spiro atoms. The first kappa shape index (κ1) is 37.1. The van der Waals surface area contributed by atoms with Gasteiger partial charge in [0, 0.05) is 17.1 Å². The second-order valence-corrected chi connectivity index (χ2v) is 14.0. The van der Waals surface area contributed by atoms with Crippen molar-refractivity contribution in [2.24, 2.45) is 0 Å². The summed E-state index contributed by atoms with van der Waals surface area (Å²) in [4.78, 5) is 12.5. The molecule has 2 rings (SSSR count). The van der Waals surface area contributed by atoms with Crippen LogP contribution in [0.15, 0.2) is 30.3 Å². The Balaban J connectivity index is 2.57. The molecule has 1 saturated heterocycles. The molecule has 0 saturated carbocycles. The number of ketones is 1. The Morgan fingerprint density at radius 3 is 1.40 bits per heavy atom. The van der Waals surface area contributed by atoms with Crippen molar-refractivity contribution >= 4 is 26.2 Å². The number of rotatable bonds is 12. The summed E-state index contributed by atoms with van der Waals surface area (Å²) in [7, 11) is -11.6. The number of hydrogen-bond acceptors (Lipinski definition) is 4. The van der Waals surface area contributed by atoms with Crippen LogP contribution in [0.25, 0.3) is 0 Å². The lowest BCUT2D eigenvalue weighted by Crippen LogP contribution is -2.75. The Kier molecular flexibility index (Phi) is 9.33. The highest BCUT2D eigenvalue weighted by Crippen LogP contribution is 2.66. The van der Waals surface area contributed by atoms with Gasteiger partial charge in [0.15, 0.2) is 5.78 Å². The Morgan fingerprint density at radius 2 is 1.00 bits per heavy atom. The minimum absolute atomic E-state index is 0.155. The lowest BCUT2D eigenvalue weighted by Gasteiger charge is -2.43. The van der Waals surface area contributed by atoms with Gasteiger partial charge < -0.3 is 0 Å². The maximum Gasteiger partial charge on any atom is 0.460 e. The standard InChI is InChI=1S/C20H15F17O4S2/c21-13(22,15(25,26)17(29,30)19(33,34)35)14(23,24)16(27,28)18(31,32)20(36,37)43(39,40)41-42(8-4-5-9-42)10-12(38)11-6-2-1-3-7-11/h1-3,6-7H,4-5,8-10H2. The molecule has 0 radical (unpaired) electrons. The average molecular weight is 706 g/mol. The summed E-state index contributed by atoms with van der Waals surface area (Å²) in [5.74, 6) is -55.7. The van der Waals surface area contributed by atoms with E-state index in [1.165, 1.54) is 18.2 Å². The Hall–Kier alpha value is -2.04. The van der Waals surface area contributed by atoms with Crippen LogP contribution in [0, 0.1) is 0 Å². The van der Waals surface area contributed by atoms with Gasteiger partial charge in [-0.2, -0.15) is 83.1 Å². The molecule has 1 aliphatic heterocycles. The van der Waals surface area contributed by atoms with Crippen molar-refractivity contribution < 1.29 is 91.5 Å². The molecule has 1 aromatic carbocycles. The van der Waals surface area contributed by atoms with Gasteiger partial charge in [-0.3, -0.25) is 4.79 Å².